The minimum Gasteiger partial charge on any atom is -0.397 e. The van der Waals surface area contributed by atoms with Crippen LogP contribution in [0.5, 0.6) is 0 Å². The highest BCUT2D eigenvalue weighted by Crippen LogP contribution is 2.24. The summed E-state index contributed by atoms with van der Waals surface area (Å²) >= 11 is 5.86. The molecule has 0 atom stereocenters. The molecule has 0 saturated heterocycles. The van der Waals surface area contributed by atoms with Crippen molar-refractivity contribution in [2.45, 2.75) is 6.92 Å². The number of benzene rings is 1. The van der Waals surface area contributed by atoms with Gasteiger partial charge in [-0.15, -0.1) is 0 Å². The molecule has 13 heavy (non-hydrogen) atoms. The maximum Gasteiger partial charge on any atom is 0.0912 e. The number of halogens is 1. The van der Waals surface area contributed by atoms with Crippen molar-refractivity contribution in [3.05, 3.63) is 34.4 Å². The number of aryl methyl sites for hydroxylation is 1. The second-order valence-corrected chi connectivity index (χ2v) is 3.10. The van der Waals surface area contributed by atoms with Gasteiger partial charge in [0.05, 0.1) is 16.8 Å². The average molecular weight is 193 g/mol. The summed E-state index contributed by atoms with van der Waals surface area (Å²) in [5.41, 5.74) is 8.06. The van der Waals surface area contributed by atoms with Gasteiger partial charge in [-0.2, -0.15) is 5.26 Å². The second-order valence-electron chi connectivity index (χ2n) is 2.70. The van der Waals surface area contributed by atoms with E-state index in [1.165, 1.54) is 6.08 Å². The van der Waals surface area contributed by atoms with Crippen molar-refractivity contribution in [3.8, 4) is 6.07 Å². The Balaban J connectivity index is 3.15. The lowest BCUT2D eigenvalue weighted by atomic mass is 10.1. The van der Waals surface area contributed by atoms with E-state index in [2.05, 4.69) is 0 Å². The van der Waals surface area contributed by atoms with Crippen molar-refractivity contribution in [2.24, 2.45) is 0 Å². The maximum atomic E-state index is 8.33. The number of allylic oxidation sites excluding steroid dienone is 1. The Kier molecular flexibility index (Phi) is 2.94. The Bertz CT molecular complexity index is 365. The van der Waals surface area contributed by atoms with Gasteiger partial charge in [0, 0.05) is 6.08 Å². The first-order chi connectivity index (χ1) is 6.15. The normalized spacial score (nSPS) is 10.2. The first-order valence-electron chi connectivity index (χ1n) is 3.77. The minimum absolute atomic E-state index is 0.526. The number of anilines is 1. The van der Waals surface area contributed by atoms with E-state index in [4.69, 9.17) is 22.6 Å². The zero-order valence-electron chi connectivity index (χ0n) is 7.21. The monoisotopic (exact) mass is 192 g/mol. The number of nitrogen functional groups attached to an aromatic ring is 1. The lowest BCUT2D eigenvalue weighted by Crippen LogP contribution is -1.91. The Hall–Kier alpha value is -1.46. The molecule has 2 nitrogen and oxygen atoms in total. The predicted octanol–water partition coefficient (Wildman–Crippen LogP) is 2.77. The van der Waals surface area contributed by atoms with Gasteiger partial charge in [0.15, 0.2) is 0 Å². The van der Waals surface area contributed by atoms with Gasteiger partial charge in [-0.3, -0.25) is 0 Å². The third-order valence-electron chi connectivity index (χ3n) is 1.71. The summed E-state index contributed by atoms with van der Waals surface area (Å²) in [5, 5.41) is 8.85. The topological polar surface area (TPSA) is 49.8 Å². The number of nitrogens with zero attached hydrogens (tertiary/aromatic N) is 1. The van der Waals surface area contributed by atoms with Crippen LogP contribution in [0.1, 0.15) is 11.1 Å². The van der Waals surface area contributed by atoms with Crippen molar-refractivity contribution >= 4 is 23.4 Å². The van der Waals surface area contributed by atoms with E-state index in [0.29, 0.717) is 10.7 Å². The highest BCUT2D eigenvalue weighted by Gasteiger charge is 2.00. The maximum absolute atomic E-state index is 8.33. The Morgan fingerprint density at radius 2 is 2.23 bits per heavy atom. The molecule has 0 saturated carbocycles. The summed E-state index contributed by atoms with van der Waals surface area (Å²) in [6, 6.07) is 5.53. The van der Waals surface area contributed by atoms with Crippen LogP contribution in [0.2, 0.25) is 5.02 Å². The quantitative estimate of drug-likeness (QED) is 0.550. The van der Waals surface area contributed by atoms with E-state index < -0.39 is 0 Å². The van der Waals surface area contributed by atoms with Gasteiger partial charge >= 0.3 is 0 Å². The Morgan fingerprint density at radius 1 is 1.54 bits per heavy atom. The fourth-order valence-electron chi connectivity index (χ4n) is 1.01. The van der Waals surface area contributed by atoms with Crippen molar-refractivity contribution < 1.29 is 0 Å². The molecule has 1 rings (SSSR count). The van der Waals surface area contributed by atoms with Crippen LogP contribution in [0.15, 0.2) is 18.2 Å². The van der Waals surface area contributed by atoms with Crippen LogP contribution in [0.25, 0.3) is 6.08 Å². The summed E-state index contributed by atoms with van der Waals surface area (Å²) in [4.78, 5) is 0. The van der Waals surface area contributed by atoms with Gasteiger partial charge in [-0.1, -0.05) is 11.6 Å². The third kappa shape index (κ3) is 2.24. The highest BCUT2D eigenvalue weighted by molar-refractivity contribution is 6.33. The van der Waals surface area contributed by atoms with Crippen LogP contribution in [0.4, 0.5) is 5.69 Å². The van der Waals surface area contributed by atoms with Crippen LogP contribution >= 0.6 is 11.6 Å². The molecule has 0 amide bonds. The van der Waals surface area contributed by atoms with E-state index in [0.717, 1.165) is 11.1 Å². The molecule has 0 aliphatic carbocycles. The first-order valence-corrected chi connectivity index (χ1v) is 4.14. The lowest BCUT2D eigenvalue weighted by Gasteiger charge is -2.03. The molecule has 0 aromatic heterocycles. The third-order valence-corrected chi connectivity index (χ3v) is 2.02. The number of rotatable bonds is 1. The Labute approximate surface area is 82.2 Å². The minimum atomic E-state index is 0.526. The Morgan fingerprint density at radius 3 is 2.77 bits per heavy atom. The lowest BCUT2D eigenvalue weighted by molar-refractivity contribution is 1.46. The predicted molar refractivity (Wildman–Crippen MR) is 55.2 cm³/mol. The number of hydrogen-bond acceptors (Lipinski definition) is 2. The largest absolute Gasteiger partial charge is 0.397 e. The van der Waals surface area contributed by atoms with Gasteiger partial charge in [0.25, 0.3) is 0 Å². The molecular formula is C10H9ClN2. The molecule has 0 unspecified atom stereocenters. The molecule has 2 N–H and O–H groups in total. The van der Waals surface area contributed by atoms with Crippen LogP contribution in [0, 0.1) is 18.3 Å². The van der Waals surface area contributed by atoms with Crippen LogP contribution < -0.4 is 5.73 Å². The molecule has 0 aliphatic rings. The molecule has 0 heterocycles. The van der Waals surface area contributed by atoms with Gasteiger partial charge in [-0.05, 0) is 36.3 Å². The molecule has 1 aromatic rings. The van der Waals surface area contributed by atoms with Crippen LogP contribution in [0.3, 0.4) is 0 Å². The van der Waals surface area contributed by atoms with Crippen molar-refractivity contribution in [3.63, 3.8) is 0 Å². The van der Waals surface area contributed by atoms with Gasteiger partial charge in [0.2, 0.25) is 0 Å². The van der Waals surface area contributed by atoms with E-state index in [9.17, 15) is 0 Å². The fraction of sp³-hybridized carbons (Fsp3) is 0.100. The number of nitrogens with two attached hydrogens (primary N) is 1. The van der Waals surface area contributed by atoms with Gasteiger partial charge < -0.3 is 5.73 Å². The van der Waals surface area contributed by atoms with Crippen molar-refractivity contribution in [1.29, 1.82) is 5.26 Å². The molecule has 3 heteroatoms. The van der Waals surface area contributed by atoms with Gasteiger partial charge in [-0.25, -0.2) is 0 Å². The smallest absolute Gasteiger partial charge is 0.0912 e. The van der Waals surface area contributed by atoms with E-state index in [1.54, 1.807) is 12.1 Å². The number of nitriles is 1. The SMILES string of the molecule is Cc1cc(C=CC#N)cc(Cl)c1N. The van der Waals surface area contributed by atoms with Crippen molar-refractivity contribution in [1.82, 2.24) is 0 Å². The summed E-state index contributed by atoms with van der Waals surface area (Å²) in [5.74, 6) is 0. The fourth-order valence-corrected chi connectivity index (χ4v) is 1.29. The highest BCUT2D eigenvalue weighted by atomic mass is 35.5. The molecule has 66 valence electrons. The molecule has 0 fully saturated rings. The second kappa shape index (κ2) is 3.97. The average Bonchev–Trinajstić information content (AvgIpc) is 2.10. The van der Waals surface area contributed by atoms with E-state index >= 15 is 0 Å². The van der Waals surface area contributed by atoms with E-state index in [-0.39, 0.29) is 0 Å². The molecule has 1 aromatic carbocycles. The molecule has 0 aliphatic heterocycles. The standard InChI is InChI=1S/C10H9ClN2/c1-7-5-8(3-2-4-12)6-9(11)10(7)13/h2-3,5-6H,13H2,1H3. The van der Waals surface area contributed by atoms with Crippen LogP contribution in [-0.4, -0.2) is 0 Å². The zero-order valence-corrected chi connectivity index (χ0v) is 7.97. The molecule has 0 bridgehead atoms. The van der Waals surface area contributed by atoms with Crippen molar-refractivity contribution in [2.75, 3.05) is 5.73 Å². The van der Waals surface area contributed by atoms with E-state index in [1.807, 2.05) is 19.1 Å². The van der Waals surface area contributed by atoms with Gasteiger partial charge in [0.1, 0.15) is 0 Å². The first kappa shape index (κ1) is 9.63. The number of hydrogen-bond donors (Lipinski definition) is 1. The summed E-state index contributed by atoms with van der Waals surface area (Å²) in [6.07, 6.45) is 3.10. The summed E-state index contributed by atoms with van der Waals surface area (Å²) in [6.45, 7) is 1.88. The molecule has 0 spiro atoms. The summed E-state index contributed by atoms with van der Waals surface area (Å²) < 4.78 is 0. The zero-order chi connectivity index (χ0) is 9.84. The molecular weight excluding hydrogens is 184 g/mol. The summed E-state index contributed by atoms with van der Waals surface area (Å²) in [7, 11) is 0. The molecule has 0 radical (unpaired) electrons. The van der Waals surface area contributed by atoms with Crippen LogP contribution in [-0.2, 0) is 0 Å².